The average Bonchev–Trinajstić information content (AvgIpc) is 3.06. The van der Waals surface area contributed by atoms with E-state index in [0.717, 1.165) is 60.8 Å². The lowest BCUT2D eigenvalue weighted by Gasteiger charge is -2.41. The van der Waals surface area contributed by atoms with Gasteiger partial charge >= 0.3 is 11.9 Å². The molecule has 2 fully saturated rings. The molecule has 2 saturated carbocycles. The third kappa shape index (κ3) is 13.8. The van der Waals surface area contributed by atoms with Crippen molar-refractivity contribution in [2.45, 2.75) is 103 Å². The number of sulfone groups is 2. The third-order valence-electron chi connectivity index (χ3n) is 10.6. The average molecular weight is 791 g/mol. The second-order valence-corrected chi connectivity index (χ2v) is 19.7. The van der Waals surface area contributed by atoms with Crippen LogP contribution in [0.3, 0.4) is 0 Å². The van der Waals surface area contributed by atoms with E-state index < -0.39 is 54.5 Å². The number of ether oxygens (including phenoxy) is 2. The molecule has 2 unspecified atom stereocenters. The van der Waals surface area contributed by atoms with Crippen LogP contribution in [0.4, 0.5) is 0 Å². The van der Waals surface area contributed by atoms with Crippen molar-refractivity contribution < 1.29 is 45.5 Å². The number of amides is 2. The summed E-state index contributed by atoms with van der Waals surface area (Å²) in [6, 6.07) is 14.1. The summed E-state index contributed by atoms with van der Waals surface area (Å²) in [5, 5.41) is 5.72. The summed E-state index contributed by atoms with van der Waals surface area (Å²) in [5.74, 6) is -1.16. The predicted molar refractivity (Wildman–Crippen MR) is 208 cm³/mol. The Labute approximate surface area is 321 Å². The first-order valence-electron chi connectivity index (χ1n) is 18.5. The van der Waals surface area contributed by atoms with Crippen molar-refractivity contribution in [2.24, 2.45) is 10.8 Å². The van der Waals surface area contributed by atoms with Gasteiger partial charge in [-0.25, -0.2) is 26.4 Å². The number of hydrogen-bond donors (Lipinski definition) is 2. The van der Waals surface area contributed by atoms with E-state index in [-0.39, 0.29) is 23.3 Å². The maximum absolute atomic E-state index is 12.9. The van der Waals surface area contributed by atoms with Crippen LogP contribution in [0, 0.1) is 24.7 Å². The van der Waals surface area contributed by atoms with E-state index in [1.807, 2.05) is 62.4 Å². The van der Waals surface area contributed by atoms with Gasteiger partial charge in [0.1, 0.15) is 31.8 Å². The third-order valence-corrected chi connectivity index (χ3v) is 12.7. The summed E-state index contributed by atoms with van der Waals surface area (Å²) in [6.45, 7) is 3.97. The Morgan fingerprint density at radius 2 is 0.926 bits per heavy atom. The van der Waals surface area contributed by atoms with E-state index in [0.29, 0.717) is 38.5 Å². The highest BCUT2D eigenvalue weighted by molar-refractivity contribution is 7.90. The highest BCUT2D eigenvalue weighted by atomic mass is 32.2. The quantitative estimate of drug-likeness (QED) is 0.206. The van der Waals surface area contributed by atoms with Crippen LogP contribution in [-0.4, -0.2) is 90.9 Å². The van der Waals surface area contributed by atoms with Crippen molar-refractivity contribution >= 4 is 43.4 Å². The van der Waals surface area contributed by atoms with E-state index in [4.69, 9.17) is 9.47 Å². The number of esters is 2. The van der Waals surface area contributed by atoms with Gasteiger partial charge in [0, 0.05) is 47.7 Å². The van der Waals surface area contributed by atoms with E-state index in [2.05, 4.69) is 10.6 Å². The lowest BCUT2D eigenvalue weighted by molar-refractivity contribution is -0.148. The van der Waals surface area contributed by atoms with E-state index in [1.165, 1.54) is 26.7 Å². The lowest BCUT2D eigenvalue weighted by atomic mass is 9.65. The molecule has 300 valence electrons. The summed E-state index contributed by atoms with van der Waals surface area (Å²) in [6.07, 6.45) is 9.83. The van der Waals surface area contributed by atoms with Gasteiger partial charge < -0.3 is 20.1 Å². The van der Waals surface area contributed by atoms with Crippen molar-refractivity contribution in [2.75, 3.05) is 38.2 Å². The summed E-state index contributed by atoms with van der Waals surface area (Å²) in [5.41, 5.74) is 2.99. The SMILES string of the molecule is COC(=O)C(Cc1ccc(C)cc1)NC(=O)C1(CCCS(C)(=O)=O)CCC1.COC(=O)C(Cc1ccc(C)cc1)NC(=O)C1(CCCS(C)(=O)=O)CCC1. The standard InChI is InChI=1S/2C20H29NO5S/c2*1-15-6-8-16(9-7-15)14-17(18(22)26-2)21-19(23)20(10-4-11-20)12-5-13-27(3,24)25/h2*6-9,17H,4-5,10-14H2,1-3H3,(H,21,23). The van der Waals surface area contributed by atoms with Crippen LogP contribution in [-0.2, 0) is 61.2 Å². The molecule has 2 aliphatic rings. The first-order valence-corrected chi connectivity index (χ1v) is 22.7. The molecule has 0 aliphatic heterocycles. The highest BCUT2D eigenvalue weighted by Crippen LogP contribution is 2.46. The Kier molecular flexibility index (Phi) is 16.3. The second kappa shape index (κ2) is 19.7. The molecule has 12 nitrogen and oxygen atoms in total. The minimum atomic E-state index is -3.05. The molecule has 0 bridgehead atoms. The molecule has 2 N–H and O–H groups in total. The van der Waals surface area contributed by atoms with Gasteiger partial charge in [0.2, 0.25) is 11.8 Å². The molecule has 14 heteroatoms. The summed E-state index contributed by atoms with van der Waals surface area (Å²) in [4.78, 5) is 50.2. The topological polar surface area (TPSA) is 179 Å². The first-order chi connectivity index (χ1) is 25.3. The first kappa shape index (κ1) is 44.6. The van der Waals surface area contributed by atoms with Crippen LogP contribution < -0.4 is 10.6 Å². The number of benzene rings is 2. The van der Waals surface area contributed by atoms with Crippen molar-refractivity contribution in [1.29, 1.82) is 0 Å². The Morgan fingerprint density at radius 3 is 1.17 bits per heavy atom. The fourth-order valence-corrected chi connectivity index (χ4v) is 8.28. The Morgan fingerprint density at radius 1 is 0.611 bits per heavy atom. The molecule has 2 atom stereocenters. The Hall–Kier alpha value is -3.78. The van der Waals surface area contributed by atoms with Gasteiger partial charge in [-0.15, -0.1) is 0 Å². The molecule has 2 aromatic rings. The summed E-state index contributed by atoms with van der Waals surface area (Å²) in [7, 11) is -3.48. The molecular weight excluding hydrogens is 733 g/mol. The van der Waals surface area contributed by atoms with Gasteiger partial charge in [0.25, 0.3) is 0 Å². The van der Waals surface area contributed by atoms with Gasteiger partial charge in [-0.1, -0.05) is 72.5 Å². The fraction of sp³-hybridized carbons (Fsp3) is 0.600. The summed E-state index contributed by atoms with van der Waals surface area (Å²) < 4.78 is 55.2. The maximum atomic E-state index is 12.9. The largest absolute Gasteiger partial charge is 0.467 e. The minimum Gasteiger partial charge on any atom is -0.467 e. The van der Waals surface area contributed by atoms with Crippen molar-refractivity contribution in [3.63, 3.8) is 0 Å². The molecule has 0 radical (unpaired) electrons. The molecule has 0 aromatic heterocycles. The number of rotatable bonds is 18. The van der Waals surface area contributed by atoms with Crippen molar-refractivity contribution in [1.82, 2.24) is 10.6 Å². The highest BCUT2D eigenvalue weighted by Gasteiger charge is 2.46. The van der Waals surface area contributed by atoms with Crippen LogP contribution in [0.5, 0.6) is 0 Å². The van der Waals surface area contributed by atoms with Crippen LogP contribution in [0.2, 0.25) is 0 Å². The van der Waals surface area contributed by atoms with Crippen LogP contribution >= 0.6 is 0 Å². The van der Waals surface area contributed by atoms with Gasteiger partial charge in [-0.05, 0) is 76.3 Å². The van der Waals surface area contributed by atoms with E-state index in [9.17, 15) is 36.0 Å². The number of carbonyl (C=O) groups is 4. The molecule has 2 aliphatic carbocycles. The van der Waals surface area contributed by atoms with Gasteiger partial charge in [0.15, 0.2) is 0 Å². The van der Waals surface area contributed by atoms with E-state index in [1.54, 1.807) is 0 Å². The molecule has 4 rings (SSSR count). The van der Waals surface area contributed by atoms with E-state index >= 15 is 0 Å². The zero-order chi connectivity index (χ0) is 40.2. The van der Waals surface area contributed by atoms with Crippen molar-refractivity contribution in [3.05, 3.63) is 70.8 Å². The number of nitrogens with one attached hydrogen (secondary N) is 2. The zero-order valence-corrected chi connectivity index (χ0v) is 34.2. The fourth-order valence-electron chi connectivity index (χ4n) is 6.95. The second-order valence-electron chi connectivity index (χ2n) is 15.2. The normalized spacial score (nSPS) is 16.9. The molecule has 0 heterocycles. The summed E-state index contributed by atoms with van der Waals surface area (Å²) >= 11 is 0. The van der Waals surface area contributed by atoms with Crippen LogP contribution in [0.1, 0.15) is 86.5 Å². The molecule has 0 saturated heterocycles. The van der Waals surface area contributed by atoms with Crippen LogP contribution in [0.25, 0.3) is 0 Å². The zero-order valence-electron chi connectivity index (χ0n) is 32.6. The smallest absolute Gasteiger partial charge is 0.328 e. The predicted octanol–water partition coefficient (Wildman–Crippen LogP) is 4.38. The molecule has 2 aromatic carbocycles. The monoisotopic (exact) mass is 790 g/mol. The number of methoxy groups -OCH3 is 2. The number of carbonyl (C=O) groups excluding carboxylic acids is 4. The number of aryl methyl sites for hydroxylation is 2. The molecular formula is C40H58N2O10S2. The maximum Gasteiger partial charge on any atom is 0.328 e. The lowest BCUT2D eigenvalue weighted by Crippen LogP contribution is -2.52. The molecule has 0 spiro atoms. The molecule has 2 amide bonds. The van der Waals surface area contributed by atoms with Gasteiger partial charge in [-0.2, -0.15) is 0 Å². The Bertz CT molecular complexity index is 1670. The minimum absolute atomic E-state index is 0.0752. The van der Waals surface area contributed by atoms with Gasteiger partial charge in [0.05, 0.1) is 14.2 Å². The molecule has 54 heavy (non-hydrogen) atoms. The van der Waals surface area contributed by atoms with Crippen molar-refractivity contribution in [3.8, 4) is 0 Å². The van der Waals surface area contributed by atoms with Gasteiger partial charge in [-0.3, -0.25) is 9.59 Å². The van der Waals surface area contributed by atoms with Crippen LogP contribution in [0.15, 0.2) is 48.5 Å². The Balaban J connectivity index is 0.000000290. The number of hydrogen-bond acceptors (Lipinski definition) is 10.